The lowest BCUT2D eigenvalue weighted by Crippen LogP contribution is -2.34. The number of rotatable bonds is 4. The molecule has 94 valence electrons. The Kier molecular flexibility index (Phi) is 4.49. The van der Waals surface area contributed by atoms with Gasteiger partial charge in [0.1, 0.15) is 15.6 Å². The van der Waals surface area contributed by atoms with Crippen LogP contribution in [0, 0.1) is 0 Å². The van der Waals surface area contributed by atoms with Crippen molar-refractivity contribution in [3.8, 4) is 0 Å². The van der Waals surface area contributed by atoms with E-state index in [0.29, 0.717) is 25.7 Å². The van der Waals surface area contributed by atoms with Gasteiger partial charge in [-0.2, -0.15) is 0 Å². The summed E-state index contributed by atoms with van der Waals surface area (Å²) in [5.74, 6) is -1.49. The standard InChI is InChI=1S/C9H16O5S2/c1-16(13,14)8-4-2-3-7(5-8)15(12)6-9(10)11/h7-8H,2-6H2,1H3,(H,10,11). The van der Waals surface area contributed by atoms with Crippen LogP contribution in [0.15, 0.2) is 0 Å². The van der Waals surface area contributed by atoms with Gasteiger partial charge in [0.15, 0.2) is 0 Å². The molecule has 1 saturated carbocycles. The minimum Gasteiger partial charge on any atom is -0.481 e. The molecule has 3 unspecified atom stereocenters. The van der Waals surface area contributed by atoms with Gasteiger partial charge in [0, 0.05) is 22.3 Å². The van der Waals surface area contributed by atoms with Crippen molar-refractivity contribution in [1.29, 1.82) is 0 Å². The van der Waals surface area contributed by atoms with Gasteiger partial charge in [-0.3, -0.25) is 9.00 Å². The molecule has 1 N–H and O–H groups in total. The van der Waals surface area contributed by atoms with Crippen molar-refractivity contribution in [2.45, 2.75) is 36.2 Å². The third kappa shape index (κ3) is 3.86. The highest BCUT2D eigenvalue weighted by Crippen LogP contribution is 2.27. The Bertz CT molecular complexity index is 387. The maximum absolute atomic E-state index is 11.6. The summed E-state index contributed by atoms with van der Waals surface area (Å²) in [6, 6.07) is 0. The summed E-state index contributed by atoms with van der Waals surface area (Å²) in [5.41, 5.74) is 0. The van der Waals surface area contributed by atoms with Gasteiger partial charge in [0.25, 0.3) is 0 Å². The average Bonchev–Trinajstić information content (AvgIpc) is 2.15. The van der Waals surface area contributed by atoms with Gasteiger partial charge < -0.3 is 5.11 Å². The van der Waals surface area contributed by atoms with E-state index < -0.39 is 31.9 Å². The minimum absolute atomic E-state index is 0.287. The number of hydrogen-bond donors (Lipinski definition) is 1. The predicted molar refractivity (Wildman–Crippen MR) is 61.5 cm³/mol. The lowest BCUT2D eigenvalue weighted by molar-refractivity contribution is -0.134. The van der Waals surface area contributed by atoms with Gasteiger partial charge in [-0.25, -0.2) is 8.42 Å². The highest BCUT2D eigenvalue weighted by Gasteiger charge is 2.32. The molecule has 3 atom stereocenters. The molecule has 1 aliphatic carbocycles. The molecule has 1 fully saturated rings. The van der Waals surface area contributed by atoms with Gasteiger partial charge in [-0.05, 0) is 19.3 Å². The summed E-state index contributed by atoms with van der Waals surface area (Å²) in [4.78, 5) is 10.4. The van der Waals surface area contributed by atoms with Gasteiger partial charge in [0.05, 0.1) is 5.25 Å². The fourth-order valence-electron chi connectivity index (χ4n) is 1.97. The maximum atomic E-state index is 11.6. The number of carboxylic acid groups (broad SMARTS) is 1. The molecule has 0 aromatic carbocycles. The second-order valence-corrected chi connectivity index (χ2v) is 8.20. The summed E-state index contributed by atoms with van der Waals surface area (Å²) in [6.45, 7) is 0. The molecule has 0 aliphatic heterocycles. The zero-order valence-corrected chi connectivity index (χ0v) is 10.7. The summed E-state index contributed by atoms with van der Waals surface area (Å²) in [5, 5.41) is 7.79. The van der Waals surface area contributed by atoms with Crippen LogP contribution in [0.2, 0.25) is 0 Å². The zero-order valence-electron chi connectivity index (χ0n) is 9.09. The smallest absolute Gasteiger partial charge is 0.316 e. The van der Waals surface area contributed by atoms with Gasteiger partial charge in [-0.1, -0.05) is 6.42 Å². The highest BCUT2D eigenvalue weighted by molar-refractivity contribution is 7.91. The quantitative estimate of drug-likeness (QED) is 0.785. The fraction of sp³-hybridized carbons (Fsp3) is 0.889. The number of aliphatic carboxylic acids is 1. The first-order valence-corrected chi connectivity index (χ1v) is 8.42. The van der Waals surface area contributed by atoms with Crippen LogP contribution in [0.3, 0.4) is 0 Å². The van der Waals surface area contributed by atoms with E-state index in [2.05, 4.69) is 0 Å². The van der Waals surface area contributed by atoms with Crippen LogP contribution >= 0.6 is 0 Å². The molecule has 0 radical (unpaired) electrons. The lowest BCUT2D eigenvalue weighted by Gasteiger charge is -2.26. The van der Waals surface area contributed by atoms with E-state index in [1.54, 1.807) is 0 Å². The maximum Gasteiger partial charge on any atom is 0.316 e. The second-order valence-electron chi connectivity index (χ2n) is 4.16. The van der Waals surface area contributed by atoms with E-state index in [4.69, 9.17) is 5.11 Å². The first-order valence-electron chi connectivity index (χ1n) is 5.08. The Hall–Kier alpha value is -0.430. The molecule has 7 heteroatoms. The van der Waals surface area contributed by atoms with Gasteiger partial charge >= 0.3 is 5.97 Å². The van der Waals surface area contributed by atoms with Gasteiger partial charge in [-0.15, -0.1) is 0 Å². The molecule has 0 amide bonds. The number of hydrogen-bond acceptors (Lipinski definition) is 4. The molecule has 0 bridgehead atoms. The average molecular weight is 268 g/mol. The molecule has 1 rings (SSSR count). The Morgan fingerprint density at radius 2 is 2.06 bits per heavy atom. The second kappa shape index (κ2) is 5.27. The van der Waals surface area contributed by atoms with Crippen molar-refractivity contribution in [3.05, 3.63) is 0 Å². The predicted octanol–water partition coefficient (Wildman–Crippen LogP) is 0.175. The zero-order chi connectivity index (χ0) is 12.3. The van der Waals surface area contributed by atoms with Crippen LogP contribution in [0.5, 0.6) is 0 Å². The molecule has 0 saturated heterocycles. The Balaban J connectivity index is 2.64. The van der Waals surface area contributed by atoms with Crippen LogP contribution < -0.4 is 0 Å². The van der Waals surface area contributed by atoms with Crippen LogP contribution in [0.25, 0.3) is 0 Å². The monoisotopic (exact) mass is 268 g/mol. The van der Waals surface area contributed by atoms with Crippen molar-refractivity contribution in [2.24, 2.45) is 0 Å². The molecule has 16 heavy (non-hydrogen) atoms. The largest absolute Gasteiger partial charge is 0.481 e. The molecule has 0 aromatic heterocycles. The molecular formula is C9H16O5S2. The van der Waals surface area contributed by atoms with Crippen LogP contribution in [0.4, 0.5) is 0 Å². The molecule has 0 aromatic rings. The molecular weight excluding hydrogens is 252 g/mol. The van der Waals surface area contributed by atoms with E-state index in [1.807, 2.05) is 0 Å². The first kappa shape index (κ1) is 13.6. The summed E-state index contributed by atoms with van der Waals surface area (Å²) < 4.78 is 34.3. The molecule has 1 aliphatic rings. The minimum atomic E-state index is -3.10. The van der Waals surface area contributed by atoms with Crippen LogP contribution in [0.1, 0.15) is 25.7 Å². The first-order chi connectivity index (χ1) is 7.30. The van der Waals surface area contributed by atoms with Crippen molar-refractivity contribution in [2.75, 3.05) is 12.0 Å². The summed E-state index contributed by atoms with van der Waals surface area (Å²) >= 11 is 0. The SMILES string of the molecule is CS(=O)(=O)C1CCCC(S(=O)CC(=O)O)C1. The number of sulfone groups is 1. The van der Waals surface area contributed by atoms with Crippen LogP contribution in [-0.2, 0) is 25.4 Å². The third-order valence-corrected chi connectivity index (χ3v) is 6.16. The molecule has 0 spiro atoms. The van der Waals surface area contributed by atoms with Crippen molar-refractivity contribution in [1.82, 2.24) is 0 Å². The Morgan fingerprint density at radius 3 is 2.56 bits per heavy atom. The van der Waals surface area contributed by atoms with Gasteiger partial charge in [0.2, 0.25) is 0 Å². The molecule has 5 nitrogen and oxygen atoms in total. The number of carboxylic acids is 1. The topological polar surface area (TPSA) is 88.5 Å². The van der Waals surface area contributed by atoms with Crippen molar-refractivity contribution < 1.29 is 22.5 Å². The normalized spacial score (nSPS) is 28.6. The van der Waals surface area contributed by atoms with Crippen molar-refractivity contribution >= 4 is 26.6 Å². The molecule has 0 heterocycles. The van der Waals surface area contributed by atoms with E-state index >= 15 is 0 Å². The lowest BCUT2D eigenvalue weighted by atomic mass is 10.00. The van der Waals surface area contributed by atoms with Crippen molar-refractivity contribution in [3.63, 3.8) is 0 Å². The third-order valence-electron chi connectivity index (χ3n) is 2.82. The number of carbonyl (C=O) groups is 1. The van der Waals surface area contributed by atoms with E-state index in [0.717, 1.165) is 0 Å². The van der Waals surface area contributed by atoms with Crippen LogP contribution in [-0.4, -0.2) is 46.2 Å². The Morgan fingerprint density at radius 1 is 1.44 bits per heavy atom. The van der Waals surface area contributed by atoms with E-state index in [9.17, 15) is 17.4 Å². The van der Waals surface area contributed by atoms with E-state index in [-0.39, 0.29) is 11.0 Å². The highest BCUT2D eigenvalue weighted by atomic mass is 32.2. The fourth-order valence-corrected chi connectivity index (χ4v) is 4.62. The summed E-state index contributed by atoms with van der Waals surface area (Å²) in [6.07, 6.45) is 3.47. The summed E-state index contributed by atoms with van der Waals surface area (Å²) in [7, 11) is -4.56. The van der Waals surface area contributed by atoms with E-state index in [1.165, 1.54) is 6.26 Å². The Labute approximate surface area is 97.6 Å².